The molecule has 2 aromatic carbocycles. The predicted molar refractivity (Wildman–Crippen MR) is 114 cm³/mol. The van der Waals surface area contributed by atoms with E-state index in [2.05, 4.69) is 10.4 Å². The highest BCUT2D eigenvalue weighted by Gasteiger charge is 2.24. The van der Waals surface area contributed by atoms with Gasteiger partial charge in [0.1, 0.15) is 5.69 Å². The molecule has 1 N–H and O–H groups in total. The molecule has 0 saturated heterocycles. The summed E-state index contributed by atoms with van der Waals surface area (Å²) in [7, 11) is 0. The number of aryl methyl sites for hydroxylation is 2. The van der Waals surface area contributed by atoms with Crippen LogP contribution in [0.2, 0.25) is 0 Å². The highest BCUT2D eigenvalue weighted by molar-refractivity contribution is 6.08. The van der Waals surface area contributed by atoms with Gasteiger partial charge in [0, 0.05) is 24.6 Å². The summed E-state index contributed by atoms with van der Waals surface area (Å²) >= 11 is 0. The molecule has 2 aliphatic heterocycles. The smallest absolute Gasteiger partial charge is 0.282 e. The lowest BCUT2D eigenvalue weighted by molar-refractivity contribution is 0.102. The normalized spacial score (nSPS) is 11.0. The summed E-state index contributed by atoms with van der Waals surface area (Å²) in [5.41, 5.74) is 3.45. The van der Waals surface area contributed by atoms with Crippen LogP contribution in [0.1, 0.15) is 29.8 Å². The van der Waals surface area contributed by atoms with E-state index in [0.717, 1.165) is 17.7 Å². The Hall–Kier alpha value is -3.67. The van der Waals surface area contributed by atoms with E-state index in [1.54, 1.807) is 12.4 Å². The van der Waals surface area contributed by atoms with Crippen LogP contribution in [0.5, 0.6) is 0 Å². The van der Waals surface area contributed by atoms with Crippen molar-refractivity contribution in [2.75, 3.05) is 5.32 Å². The highest BCUT2D eigenvalue weighted by atomic mass is 16.2. The van der Waals surface area contributed by atoms with Crippen LogP contribution in [0.3, 0.4) is 0 Å². The van der Waals surface area contributed by atoms with Crippen molar-refractivity contribution in [2.24, 2.45) is 0 Å². The Morgan fingerprint density at radius 3 is 2.45 bits per heavy atom. The van der Waals surface area contributed by atoms with E-state index >= 15 is 0 Å². The molecule has 2 aliphatic rings. The van der Waals surface area contributed by atoms with Gasteiger partial charge in [0.05, 0.1) is 16.8 Å². The quantitative estimate of drug-likeness (QED) is 0.564. The molecule has 146 valence electrons. The highest BCUT2D eigenvalue weighted by Crippen LogP contribution is 2.24. The summed E-state index contributed by atoms with van der Waals surface area (Å²) in [6, 6.07) is 16.9. The molecule has 0 aliphatic carbocycles. The maximum Gasteiger partial charge on any atom is 0.282 e. The Bertz CT molecular complexity index is 1190. The van der Waals surface area contributed by atoms with Gasteiger partial charge < -0.3 is 9.88 Å². The van der Waals surface area contributed by atoms with E-state index in [-0.39, 0.29) is 11.5 Å². The molecule has 0 radical (unpaired) electrons. The minimum atomic E-state index is -0.281. The molecule has 4 rings (SSSR count). The first-order chi connectivity index (χ1) is 14.1. The predicted octanol–water partition coefficient (Wildman–Crippen LogP) is 3.97. The Morgan fingerprint density at radius 1 is 1.00 bits per heavy atom. The average molecular weight is 386 g/mol. The summed E-state index contributed by atoms with van der Waals surface area (Å²) in [4.78, 5) is 26.1. The van der Waals surface area contributed by atoms with Crippen LogP contribution in [0.15, 0.2) is 71.8 Å². The molecule has 0 atom stereocenters. The minimum Gasteiger partial charge on any atom is -0.353 e. The molecule has 2 aromatic rings. The first-order valence-electron chi connectivity index (χ1n) is 9.69. The number of carbonyl (C=O) groups excluding carboxylic acids is 1. The number of amides is 1. The van der Waals surface area contributed by atoms with Gasteiger partial charge in [-0.25, -0.2) is 0 Å². The van der Waals surface area contributed by atoms with Crippen molar-refractivity contribution < 1.29 is 4.79 Å². The van der Waals surface area contributed by atoms with Gasteiger partial charge in [0.15, 0.2) is 0 Å². The molecule has 29 heavy (non-hydrogen) atoms. The molecule has 0 bridgehead atoms. The zero-order valence-corrected chi connectivity index (χ0v) is 16.4. The van der Waals surface area contributed by atoms with Gasteiger partial charge in [-0.15, -0.1) is 0 Å². The second-order valence-electron chi connectivity index (χ2n) is 6.78. The largest absolute Gasteiger partial charge is 0.353 e. The summed E-state index contributed by atoms with van der Waals surface area (Å²) in [6.45, 7) is 4.64. The summed E-state index contributed by atoms with van der Waals surface area (Å²) in [6.07, 6.45) is 4.30. The summed E-state index contributed by atoms with van der Waals surface area (Å²) < 4.78 is 3.18. The van der Waals surface area contributed by atoms with Crippen LogP contribution >= 0.6 is 0 Å². The first-order valence-corrected chi connectivity index (χ1v) is 9.69. The number of aromatic nitrogens is 3. The van der Waals surface area contributed by atoms with E-state index in [1.807, 2.05) is 73.0 Å². The van der Waals surface area contributed by atoms with Crippen LogP contribution in [0.25, 0.3) is 16.9 Å². The van der Waals surface area contributed by atoms with Crippen LogP contribution in [0.4, 0.5) is 5.69 Å². The van der Waals surface area contributed by atoms with E-state index in [0.29, 0.717) is 29.1 Å². The van der Waals surface area contributed by atoms with Crippen molar-refractivity contribution in [3.05, 3.63) is 88.5 Å². The molecule has 0 fully saturated rings. The number of hydrogen-bond donors (Lipinski definition) is 1. The van der Waals surface area contributed by atoms with Crippen molar-refractivity contribution in [3.63, 3.8) is 0 Å². The fourth-order valence-electron chi connectivity index (χ4n) is 3.39. The third kappa shape index (κ3) is 3.45. The lowest BCUT2D eigenvalue weighted by Crippen LogP contribution is -2.18. The number of pyridine rings is 1. The van der Waals surface area contributed by atoms with E-state index in [9.17, 15) is 9.59 Å². The molecule has 0 saturated carbocycles. The zero-order valence-electron chi connectivity index (χ0n) is 16.4. The summed E-state index contributed by atoms with van der Waals surface area (Å²) in [5.74, 6) is -0.281. The Balaban J connectivity index is 1.83. The van der Waals surface area contributed by atoms with Gasteiger partial charge in [-0.2, -0.15) is 9.78 Å². The second-order valence-corrected chi connectivity index (χ2v) is 6.78. The number of nitrogens with zero attached hydrogens (tertiary/aromatic N) is 3. The Kier molecular flexibility index (Phi) is 4.99. The monoisotopic (exact) mass is 386 g/mol. The van der Waals surface area contributed by atoms with Crippen molar-refractivity contribution in [3.8, 4) is 16.9 Å². The molecule has 6 heteroatoms. The van der Waals surface area contributed by atoms with Crippen LogP contribution in [-0.2, 0) is 13.0 Å². The number of hydrogen-bond acceptors (Lipinski definition) is 3. The van der Waals surface area contributed by atoms with Gasteiger partial charge in [0.2, 0.25) is 0 Å². The summed E-state index contributed by atoms with van der Waals surface area (Å²) in [5, 5.41) is 7.48. The third-order valence-electron chi connectivity index (χ3n) is 4.98. The van der Waals surface area contributed by atoms with Gasteiger partial charge in [-0.05, 0) is 37.1 Å². The van der Waals surface area contributed by atoms with Gasteiger partial charge in [0.25, 0.3) is 11.5 Å². The van der Waals surface area contributed by atoms with Gasteiger partial charge >= 0.3 is 0 Å². The number of rotatable bonds is 5. The van der Waals surface area contributed by atoms with Crippen LogP contribution in [0, 0.1) is 0 Å². The average Bonchev–Trinajstić information content (AvgIpc) is 3.10. The zero-order chi connectivity index (χ0) is 20.4. The standard InChI is InChI=1S/C23H22N4O2/c1-3-16-10-8-9-13-20(16)24-22(28)18-14-26(4-2)15-19-21(18)25-27(23(19)29)17-11-6-5-7-12-17/h5-15H,3-4H2,1-2H3,(H,24,28). The molecule has 2 heterocycles. The second kappa shape index (κ2) is 7.75. The number of fused-ring (bicyclic) bond motifs is 1. The minimum absolute atomic E-state index is 0.239. The van der Waals surface area contributed by atoms with Crippen molar-refractivity contribution in [1.29, 1.82) is 0 Å². The van der Waals surface area contributed by atoms with Crippen molar-refractivity contribution >= 4 is 11.6 Å². The van der Waals surface area contributed by atoms with Crippen molar-refractivity contribution in [2.45, 2.75) is 26.8 Å². The maximum absolute atomic E-state index is 13.1. The lowest BCUT2D eigenvalue weighted by atomic mass is 10.1. The molecule has 0 spiro atoms. The molecular formula is C23H22N4O2. The fraction of sp³-hybridized carbons (Fsp3) is 0.174. The molecule has 0 aromatic heterocycles. The Morgan fingerprint density at radius 2 is 1.72 bits per heavy atom. The number of para-hydroxylation sites is 2. The van der Waals surface area contributed by atoms with E-state index in [4.69, 9.17) is 0 Å². The maximum atomic E-state index is 13.1. The van der Waals surface area contributed by atoms with Crippen molar-refractivity contribution in [1.82, 2.24) is 14.3 Å². The SMILES string of the molecule is CCc1ccccc1NC(=O)c1cn(CC)cc2c(=O)n(-c3ccccc3)nc1-2. The Labute approximate surface area is 168 Å². The van der Waals surface area contributed by atoms with E-state index < -0.39 is 0 Å². The molecule has 6 nitrogen and oxygen atoms in total. The lowest BCUT2D eigenvalue weighted by Gasteiger charge is -2.13. The topological polar surface area (TPSA) is 68.9 Å². The number of nitrogens with one attached hydrogen (secondary N) is 1. The number of carbonyl (C=O) groups is 1. The van der Waals surface area contributed by atoms with Gasteiger partial charge in [-0.1, -0.05) is 43.3 Å². The first kappa shape index (κ1) is 18.7. The third-order valence-corrected chi connectivity index (χ3v) is 4.98. The van der Waals surface area contributed by atoms with Crippen LogP contribution < -0.4 is 10.9 Å². The number of anilines is 1. The fourth-order valence-corrected chi connectivity index (χ4v) is 3.39. The molecule has 0 unspecified atom stereocenters. The van der Waals surface area contributed by atoms with Crippen LogP contribution in [-0.4, -0.2) is 20.3 Å². The van der Waals surface area contributed by atoms with Gasteiger partial charge in [-0.3, -0.25) is 9.59 Å². The molecule has 1 amide bonds. The molecular weight excluding hydrogens is 364 g/mol. The number of benzene rings is 2. The van der Waals surface area contributed by atoms with E-state index in [1.165, 1.54) is 4.68 Å².